The maximum atomic E-state index is 14.0. The Bertz CT molecular complexity index is 949. The number of carbonyl (C=O) groups is 2. The van der Waals surface area contributed by atoms with E-state index in [2.05, 4.69) is 0 Å². The molecule has 10 nitrogen and oxygen atoms in total. The van der Waals surface area contributed by atoms with E-state index >= 15 is 0 Å². The van der Waals surface area contributed by atoms with Crippen LogP contribution in [-0.2, 0) is 34.5 Å². The predicted molar refractivity (Wildman–Crippen MR) is 98.5 cm³/mol. The van der Waals surface area contributed by atoms with Gasteiger partial charge < -0.3 is 9.64 Å². The van der Waals surface area contributed by atoms with Gasteiger partial charge in [-0.1, -0.05) is 13.8 Å². The van der Waals surface area contributed by atoms with Gasteiger partial charge in [0.1, 0.15) is 6.61 Å². The van der Waals surface area contributed by atoms with E-state index in [0.717, 1.165) is 4.90 Å². The van der Waals surface area contributed by atoms with Crippen LogP contribution in [0.4, 0.5) is 26.3 Å². The molecule has 0 bridgehead atoms. The zero-order valence-corrected chi connectivity index (χ0v) is 18.9. The summed E-state index contributed by atoms with van der Waals surface area (Å²) in [4.78, 5) is 24.6. The Hall–Kier alpha value is -1.66. The molecule has 1 aliphatic rings. The van der Waals surface area contributed by atoms with Gasteiger partial charge in [0.25, 0.3) is 10.0 Å². The number of piperazine rings is 1. The molecule has 1 N–H and O–H groups in total. The van der Waals surface area contributed by atoms with Crippen molar-refractivity contribution in [2.75, 3.05) is 32.8 Å². The minimum atomic E-state index is -7.11. The highest BCUT2D eigenvalue weighted by Gasteiger charge is 2.82. The minimum Gasteiger partial charge on any atom is -0.465 e. The third-order valence-electron chi connectivity index (χ3n) is 4.89. The molecule has 0 aliphatic carbocycles. The number of rotatable bonds is 10. The fraction of sp³-hybridized carbons (Fsp3) is 0.867. The SMILES string of the molecule is CCC(C)C(=O)OCCC(=O)N1CCN(S(=O)(=O)C(F)(F)C(F)(F)C(F)(F)S(=O)(=O)O)CC1. The number of amides is 1. The summed E-state index contributed by atoms with van der Waals surface area (Å²) in [5.74, 6) is -8.69. The number of nitrogens with zero attached hydrogens (tertiary/aromatic N) is 2. The van der Waals surface area contributed by atoms with Crippen LogP contribution in [0.15, 0.2) is 0 Å². The number of halogens is 6. The lowest BCUT2D eigenvalue weighted by Crippen LogP contribution is -2.64. The fourth-order valence-electron chi connectivity index (χ4n) is 2.54. The monoisotopic (exact) mass is 536 g/mol. The number of carbonyl (C=O) groups excluding carboxylic acids is 2. The average molecular weight is 536 g/mol. The first-order valence-electron chi connectivity index (χ1n) is 9.30. The van der Waals surface area contributed by atoms with Crippen LogP contribution in [0.1, 0.15) is 26.7 Å². The Morgan fingerprint density at radius 3 is 1.88 bits per heavy atom. The summed E-state index contributed by atoms with van der Waals surface area (Å²) >= 11 is 0. The van der Waals surface area contributed by atoms with E-state index in [0.29, 0.717) is 6.42 Å². The molecular weight excluding hydrogens is 514 g/mol. The van der Waals surface area contributed by atoms with Crippen LogP contribution in [0, 0.1) is 5.92 Å². The van der Waals surface area contributed by atoms with Crippen molar-refractivity contribution < 1.29 is 62.1 Å². The highest BCUT2D eigenvalue weighted by molar-refractivity contribution is 7.90. The Morgan fingerprint density at radius 1 is 0.970 bits per heavy atom. The van der Waals surface area contributed by atoms with E-state index in [4.69, 9.17) is 9.29 Å². The molecule has 1 fully saturated rings. The highest BCUT2D eigenvalue weighted by atomic mass is 32.2. The second kappa shape index (κ2) is 9.91. The van der Waals surface area contributed by atoms with Crippen molar-refractivity contribution in [2.45, 2.75) is 43.1 Å². The molecule has 1 rings (SSSR count). The Labute approximate surface area is 185 Å². The molecule has 1 heterocycles. The van der Waals surface area contributed by atoms with Crippen molar-refractivity contribution in [3.8, 4) is 0 Å². The molecule has 0 aromatic carbocycles. The van der Waals surface area contributed by atoms with Crippen LogP contribution >= 0.6 is 0 Å². The molecule has 1 saturated heterocycles. The summed E-state index contributed by atoms with van der Waals surface area (Å²) in [6, 6.07) is 0. The molecule has 1 unspecified atom stereocenters. The standard InChI is InChI=1S/C15H22F6N2O8S2/c1-3-10(2)12(25)31-9-4-11(24)22-5-7-23(8-6-22)32(26,27)14(18,19)13(16,17)15(20,21)33(28,29)30/h10H,3-9H2,1-2H3,(H,28,29,30). The van der Waals surface area contributed by atoms with Crippen molar-refractivity contribution in [2.24, 2.45) is 5.92 Å². The molecule has 194 valence electrons. The molecule has 0 saturated carbocycles. The molecular formula is C15H22F6N2O8S2. The number of sulfonamides is 1. The molecule has 0 aromatic rings. The van der Waals surface area contributed by atoms with Crippen LogP contribution in [0.3, 0.4) is 0 Å². The van der Waals surface area contributed by atoms with Gasteiger partial charge >= 0.3 is 32.5 Å². The molecule has 0 aromatic heterocycles. The van der Waals surface area contributed by atoms with Gasteiger partial charge in [-0.3, -0.25) is 14.1 Å². The van der Waals surface area contributed by atoms with E-state index in [1.54, 1.807) is 13.8 Å². The largest absolute Gasteiger partial charge is 0.465 e. The van der Waals surface area contributed by atoms with Crippen LogP contribution in [0.25, 0.3) is 0 Å². The van der Waals surface area contributed by atoms with Crippen LogP contribution in [0.2, 0.25) is 0 Å². The van der Waals surface area contributed by atoms with Gasteiger partial charge in [0.2, 0.25) is 5.91 Å². The first-order valence-corrected chi connectivity index (χ1v) is 12.2. The lowest BCUT2D eigenvalue weighted by atomic mass is 10.1. The number of hydrogen-bond acceptors (Lipinski definition) is 7. The molecule has 0 spiro atoms. The lowest BCUT2D eigenvalue weighted by Gasteiger charge is -2.38. The van der Waals surface area contributed by atoms with E-state index in [-0.39, 0.29) is 17.3 Å². The molecule has 33 heavy (non-hydrogen) atoms. The van der Waals surface area contributed by atoms with Gasteiger partial charge in [0.05, 0.1) is 12.3 Å². The van der Waals surface area contributed by atoms with Crippen molar-refractivity contribution in [3.05, 3.63) is 0 Å². The molecule has 18 heteroatoms. The average Bonchev–Trinajstić information content (AvgIpc) is 2.71. The van der Waals surface area contributed by atoms with E-state index in [1.165, 1.54) is 0 Å². The maximum absolute atomic E-state index is 14.0. The van der Waals surface area contributed by atoms with Crippen molar-refractivity contribution in [3.63, 3.8) is 0 Å². The quantitative estimate of drug-likeness (QED) is 0.249. The minimum absolute atomic E-state index is 0.298. The predicted octanol–water partition coefficient (Wildman–Crippen LogP) is 1.15. The smallest absolute Gasteiger partial charge is 0.439 e. The topological polar surface area (TPSA) is 138 Å². The first kappa shape index (κ1) is 29.4. The third-order valence-corrected chi connectivity index (χ3v) is 7.74. The summed E-state index contributed by atoms with van der Waals surface area (Å²) in [6.07, 6.45) is 0.146. The number of alkyl halides is 6. The number of esters is 1. The fourth-order valence-corrected chi connectivity index (χ4v) is 4.48. The lowest BCUT2D eigenvalue weighted by molar-refractivity contribution is -0.247. The van der Waals surface area contributed by atoms with E-state index < -0.39 is 80.5 Å². The number of hydrogen-bond donors (Lipinski definition) is 1. The zero-order valence-electron chi connectivity index (χ0n) is 17.3. The summed E-state index contributed by atoms with van der Waals surface area (Å²) in [5, 5.41) is -13.4. The molecule has 1 aliphatic heterocycles. The van der Waals surface area contributed by atoms with Crippen molar-refractivity contribution in [1.29, 1.82) is 0 Å². The van der Waals surface area contributed by atoms with E-state index in [9.17, 15) is 52.8 Å². The zero-order chi connectivity index (χ0) is 26.0. The summed E-state index contributed by atoms with van der Waals surface area (Å²) in [5.41, 5.74) is 0. The Balaban J connectivity index is 2.86. The van der Waals surface area contributed by atoms with Crippen molar-refractivity contribution >= 4 is 32.0 Å². The maximum Gasteiger partial charge on any atom is 0.439 e. The van der Waals surface area contributed by atoms with Crippen molar-refractivity contribution in [1.82, 2.24) is 9.21 Å². The molecule has 0 radical (unpaired) electrons. The first-order chi connectivity index (χ1) is 14.8. The highest BCUT2D eigenvalue weighted by Crippen LogP contribution is 2.51. The van der Waals surface area contributed by atoms with Gasteiger partial charge in [-0.25, -0.2) is 8.42 Å². The van der Waals surface area contributed by atoms with Gasteiger partial charge in [0.15, 0.2) is 0 Å². The third kappa shape index (κ3) is 5.54. The molecule has 1 amide bonds. The van der Waals surface area contributed by atoms with Gasteiger partial charge in [-0.15, -0.1) is 0 Å². The van der Waals surface area contributed by atoms with Crippen LogP contribution in [0.5, 0.6) is 0 Å². The van der Waals surface area contributed by atoms with Crippen LogP contribution in [-0.4, -0.2) is 91.7 Å². The summed E-state index contributed by atoms with van der Waals surface area (Å²) in [6.45, 7) is -0.173. The molecule has 1 atom stereocenters. The van der Waals surface area contributed by atoms with E-state index in [1.807, 2.05) is 0 Å². The van der Waals surface area contributed by atoms with Gasteiger partial charge in [-0.2, -0.15) is 39.1 Å². The van der Waals surface area contributed by atoms with Gasteiger partial charge in [0, 0.05) is 26.2 Å². The second-order valence-electron chi connectivity index (χ2n) is 7.09. The Kier molecular flexibility index (Phi) is 8.82. The number of ether oxygens (including phenoxy) is 1. The normalized spacial score (nSPS) is 18.2. The second-order valence-corrected chi connectivity index (χ2v) is 10.5. The van der Waals surface area contributed by atoms with Crippen LogP contribution < -0.4 is 0 Å². The Morgan fingerprint density at radius 2 is 1.45 bits per heavy atom. The van der Waals surface area contributed by atoms with Gasteiger partial charge in [-0.05, 0) is 6.42 Å². The summed E-state index contributed by atoms with van der Waals surface area (Å²) < 4.78 is 140. The summed E-state index contributed by atoms with van der Waals surface area (Å²) in [7, 11) is -13.7.